The number of rotatable bonds is 8. The van der Waals surface area contributed by atoms with Gasteiger partial charge in [-0.1, -0.05) is 48.5 Å². The van der Waals surface area contributed by atoms with Gasteiger partial charge in [0.05, 0.1) is 57.0 Å². The van der Waals surface area contributed by atoms with Gasteiger partial charge in [0.15, 0.2) is 11.3 Å². The summed E-state index contributed by atoms with van der Waals surface area (Å²) in [6.45, 7) is 6.17. The maximum atomic E-state index is 14.7. The fraction of sp³-hybridized carbons (Fsp3) is 0.192. The number of amides is 1. The number of aromatic carboxylic acids is 1. The molecule has 1 amide bonds. The molecule has 22 heteroatoms. The van der Waals surface area contributed by atoms with E-state index in [1.807, 2.05) is 36.4 Å². The monoisotopic (exact) mass is 1110 g/mol. The normalized spacial score (nSPS) is 13.5. The number of halogens is 3. The zero-order valence-electron chi connectivity index (χ0n) is 39.4. The highest BCUT2D eigenvalue weighted by atomic mass is 127. The number of carboxylic acid groups (broad SMARTS) is 1. The highest BCUT2D eigenvalue weighted by Gasteiger charge is 2.26. The van der Waals surface area contributed by atoms with E-state index in [9.17, 15) is 28.0 Å². The molecule has 10 aromatic rings. The Hall–Kier alpha value is -8.51. The second-order valence-electron chi connectivity index (χ2n) is 17.3. The van der Waals surface area contributed by atoms with Gasteiger partial charge in [0.25, 0.3) is 17.0 Å². The Morgan fingerprint density at radius 3 is 1.53 bits per heavy atom. The van der Waals surface area contributed by atoms with E-state index in [-0.39, 0.29) is 58.6 Å². The minimum absolute atomic E-state index is 0. The van der Waals surface area contributed by atoms with Crippen molar-refractivity contribution in [2.75, 3.05) is 62.2 Å². The van der Waals surface area contributed by atoms with Gasteiger partial charge in [-0.05, 0) is 71.8 Å². The van der Waals surface area contributed by atoms with Crippen LogP contribution >= 0.6 is 24.0 Å². The predicted molar refractivity (Wildman–Crippen MR) is 286 cm³/mol. The minimum atomic E-state index is -1.32. The van der Waals surface area contributed by atoms with E-state index in [0.717, 1.165) is 71.5 Å². The number of carbonyl (C=O) groups excluding carboxylic acids is 1. The van der Waals surface area contributed by atoms with Gasteiger partial charge in [-0.25, -0.2) is 43.7 Å². The van der Waals surface area contributed by atoms with E-state index >= 15 is 0 Å². The lowest BCUT2D eigenvalue weighted by Crippen LogP contribution is -2.49. The van der Waals surface area contributed by atoms with Gasteiger partial charge < -0.3 is 35.1 Å². The van der Waals surface area contributed by atoms with Crippen molar-refractivity contribution < 1.29 is 23.5 Å². The molecular weight excluding hydrogens is 1070 g/mol. The average Bonchev–Trinajstić information content (AvgIpc) is 4.12. The van der Waals surface area contributed by atoms with Gasteiger partial charge in [0, 0.05) is 76.0 Å². The zero-order chi connectivity index (χ0) is 50.4. The molecule has 6 aromatic heterocycles. The van der Waals surface area contributed by atoms with Gasteiger partial charge in [0.1, 0.15) is 23.3 Å². The van der Waals surface area contributed by atoms with Gasteiger partial charge in [-0.15, -0.1) is 24.0 Å². The van der Waals surface area contributed by atoms with Crippen molar-refractivity contribution in [1.82, 2.24) is 60.5 Å². The number of hydrogen-bond acceptors (Lipinski definition) is 13. The summed E-state index contributed by atoms with van der Waals surface area (Å²) in [6, 6.07) is 30.6. The summed E-state index contributed by atoms with van der Waals surface area (Å²) >= 11 is 0. The van der Waals surface area contributed by atoms with Crippen LogP contribution in [0.4, 0.5) is 20.4 Å². The number of aromatic nitrogens is 10. The van der Waals surface area contributed by atoms with Crippen molar-refractivity contribution in [3.05, 3.63) is 188 Å². The van der Waals surface area contributed by atoms with E-state index in [4.69, 9.17) is 5.11 Å². The molecule has 74 heavy (non-hydrogen) atoms. The van der Waals surface area contributed by atoms with Gasteiger partial charge in [-0.2, -0.15) is 10.2 Å². The second-order valence-corrected chi connectivity index (χ2v) is 17.3. The molecule has 0 radical (unpaired) electrons. The summed E-state index contributed by atoms with van der Waals surface area (Å²) in [6.07, 6.45) is 3.93. The number of fused-ring (bicyclic) bond motifs is 4. The third-order valence-corrected chi connectivity index (χ3v) is 12.7. The van der Waals surface area contributed by atoms with E-state index < -0.39 is 17.6 Å². The summed E-state index contributed by atoms with van der Waals surface area (Å²) in [5.41, 5.74) is 5.00. The first-order valence-corrected chi connectivity index (χ1v) is 23.4. The van der Waals surface area contributed by atoms with Crippen molar-refractivity contribution in [3.8, 4) is 0 Å². The number of piperazine rings is 2. The lowest BCUT2D eigenvalue weighted by Gasteiger charge is -2.35. The van der Waals surface area contributed by atoms with Crippen molar-refractivity contribution in [2.24, 2.45) is 0 Å². The molecule has 2 aliphatic rings. The largest absolute Gasteiger partial charge is 0.478 e. The van der Waals surface area contributed by atoms with Gasteiger partial charge in [0.2, 0.25) is 0 Å². The molecule has 19 nitrogen and oxygen atoms in total. The summed E-state index contributed by atoms with van der Waals surface area (Å²) in [7, 11) is 0. The summed E-state index contributed by atoms with van der Waals surface area (Å²) in [5, 5.41) is 27.9. The number of aromatic amines is 4. The van der Waals surface area contributed by atoms with Crippen molar-refractivity contribution in [1.29, 1.82) is 0 Å². The molecule has 0 saturated carbocycles. The zero-order valence-corrected chi connectivity index (χ0v) is 41.7. The van der Waals surface area contributed by atoms with Crippen molar-refractivity contribution in [3.63, 3.8) is 0 Å². The first-order valence-electron chi connectivity index (χ1n) is 23.4. The van der Waals surface area contributed by atoms with Crippen LogP contribution in [0.15, 0.2) is 131 Å². The summed E-state index contributed by atoms with van der Waals surface area (Å²) < 4.78 is 28.2. The number of carboxylic acids is 1. The third-order valence-electron chi connectivity index (χ3n) is 12.7. The van der Waals surface area contributed by atoms with Crippen molar-refractivity contribution in [2.45, 2.75) is 12.8 Å². The van der Waals surface area contributed by atoms with E-state index in [0.29, 0.717) is 71.4 Å². The smallest absolute Gasteiger partial charge is 0.338 e. The lowest BCUT2D eigenvalue weighted by atomic mass is 10.0. The van der Waals surface area contributed by atoms with Crippen LogP contribution in [0.25, 0.3) is 43.9 Å². The molecule has 2 saturated heterocycles. The summed E-state index contributed by atoms with van der Waals surface area (Å²) in [5.74, 6) is -1.18. The Kier molecular flexibility index (Phi) is 15.3. The topological polar surface area (TPSA) is 251 Å². The van der Waals surface area contributed by atoms with Gasteiger partial charge in [-0.3, -0.25) is 14.4 Å². The first-order chi connectivity index (χ1) is 35.6. The molecule has 0 unspecified atom stereocenters. The number of pyridine rings is 2. The fourth-order valence-electron chi connectivity index (χ4n) is 8.87. The number of imidazole rings is 2. The first kappa shape index (κ1) is 50.4. The summed E-state index contributed by atoms with van der Waals surface area (Å²) in [4.78, 5) is 77.6. The SMILES string of the molecule is I.O=C(O)c1cc(Cc2n[nH]c(=O)c3ccccc23)ccc1F.O=C(c1cc(Cc2n[nH]c(=O)c3ccccc23)ccc1F)N1CCN(c2ccc3[nH]cnc3n2)CC1.c1nc2nc(N3CCNCC3)ccc2[nH]1. The molecule has 6 N–H and O–H groups in total. The van der Waals surface area contributed by atoms with Gasteiger partial charge >= 0.3 is 5.97 Å². The number of nitrogens with one attached hydrogen (secondary N) is 5. The molecule has 0 atom stereocenters. The molecular formula is C52H47F2IN14O5. The van der Waals surface area contributed by atoms with E-state index in [1.165, 1.54) is 18.2 Å². The van der Waals surface area contributed by atoms with Crippen LogP contribution in [0.2, 0.25) is 0 Å². The molecule has 2 aliphatic heterocycles. The molecule has 376 valence electrons. The second kappa shape index (κ2) is 22.5. The highest BCUT2D eigenvalue weighted by molar-refractivity contribution is 14.0. The molecule has 12 rings (SSSR count). The fourth-order valence-corrected chi connectivity index (χ4v) is 8.87. The van der Waals surface area contributed by atoms with E-state index in [1.54, 1.807) is 66.1 Å². The Morgan fingerprint density at radius 1 is 0.568 bits per heavy atom. The average molecular weight is 1110 g/mol. The van der Waals surface area contributed by atoms with Crippen LogP contribution in [0, 0.1) is 11.6 Å². The Morgan fingerprint density at radius 2 is 1.03 bits per heavy atom. The molecule has 2 fully saturated rings. The van der Waals surface area contributed by atoms with E-state index in [2.05, 4.69) is 65.4 Å². The molecule has 8 heterocycles. The Bertz CT molecular complexity index is 3780. The third kappa shape index (κ3) is 11.1. The Labute approximate surface area is 436 Å². The number of benzene rings is 4. The number of carbonyl (C=O) groups is 2. The van der Waals surface area contributed by atoms with Crippen LogP contribution in [0.3, 0.4) is 0 Å². The van der Waals surface area contributed by atoms with Crippen LogP contribution in [0.1, 0.15) is 43.2 Å². The molecule has 0 aliphatic carbocycles. The minimum Gasteiger partial charge on any atom is -0.478 e. The van der Waals surface area contributed by atoms with Crippen molar-refractivity contribution >= 4 is 91.4 Å². The molecule has 0 spiro atoms. The molecule has 0 bridgehead atoms. The van der Waals surface area contributed by atoms with Crippen LogP contribution < -0.4 is 26.2 Å². The van der Waals surface area contributed by atoms with Crippen LogP contribution in [-0.4, -0.2) is 125 Å². The quantitative estimate of drug-likeness (QED) is 0.0925. The number of anilines is 2. The van der Waals surface area contributed by atoms with Crippen LogP contribution in [0.5, 0.6) is 0 Å². The molecule has 4 aromatic carbocycles. The maximum absolute atomic E-state index is 14.7. The number of H-pyrrole nitrogens is 4. The highest BCUT2D eigenvalue weighted by Crippen LogP contribution is 2.23. The standard InChI is InChI=1S/C26H22FN7O2.C16H11FN2O3.C10H13N5.HI/c27-20-6-5-16(14-22-17-3-1-2-4-18(17)25(35)32-31-22)13-19(20)26(36)34-11-9-33(10-12-34)23-8-7-21-24(30-23)29-15-28-21;17-13-6-5-9(7-12(13)16(21)22)8-14-10-3-1-2-4-11(10)15(20)19-18-14;1-2-9(15-5-3-11-4-6-15)14-10-8(1)12-7-13-10;/h1-8,13,15H,9-12,14H2,(H,32,35)(H,28,29,30);1-7H,8H2,(H,19,20)(H,21,22);1-2,7,11H,3-6H2,(H,12,13,14);1H. The van der Waals surface area contributed by atoms with Crippen LogP contribution in [-0.2, 0) is 12.8 Å². The lowest BCUT2D eigenvalue weighted by molar-refractivity contribution is 0.0690. The predicted octanol–water partition coefficient (Wildman–Crippen LogP) is 6.22. The number of nitrogens with zero attached hydrogens (tertiary/aromatic N) is 9. The number of hydrogen-bond donors (Lipinski definition) is 6. The maximum Gasteiger partial charge on any atom is 0.338 e. The Balaban J connectivity index is 0.000000150.